The molecular formula is C20H22N6O3. The SMILES string of the molecule is Cc1noc(C2CN(C(=O)c3cccn3C)CCCN2C(=O)c2cccnc2)n1. The van der Waals surface area contributed by atoms with Crippen LogP contribution in [0.1, 0.15) is 45.0 Å². The molecule has 1 unspecified atom stereocenters. The van der Waals surface area contributed by atoms with Gasteiger partial charge >= 0.3 is 0 Å². The van der Waals surface area contributed by atoms with Crippen LogP contribution in [0.3, 0.4) is 0 Å². The molecule has 4 rings (SSSR count). The van der Waals surface area contributed by atoms with Gasteiger partial charge in [-0.3, -0.25) is 14.6 Å². The number of amides is 2. The first kappa shape index (κ1) is 18.9. The second-order valence-electron chi connectivity index (χ2n) is 7.04. The summed E-state index contributed by atoms with van der Waals surface area (Å²) >= 11 is 0. The van der Waals surface area contributed by atoms with E-state index in [1.54, 1.807) is 45.7 Å². The van der Waals surface area contributed by atoms with Gasteiger partial charge in [0.1, 0.15) is 11.7 Å². The van der Waals surface area contributed by atoms with Gasteiger partial charge in [-0.25, -0.2) is 0 Å². The summed E-state index contributed by atoms with van der Waals surface area (Å²) < 4.78 is 7.19. The van der Waals surface area contributed by atoms with Crippen molar-refractivity contribution in [3.05, 3.63) is 65.8 Å². The summed E-state index contributed by atoms with van der Waals surface area (Å²) in [7, 11) is 1.84. The lowest BCUT2D eigenvalue weighted by molar-refractivity contribution is 0.0589. The molecule has 9 heteroatoms. The predicted octanol–water partition coefficient (Wildman–Crippen LogP) is 1.84. The lowest BCUT2D eigenvalue weighted by atomic mass is 10.1. The predicted molar refractivity (Wildman–Crippen MR) is 103 cm³/mol. The van der Waals surface area contributed by atoms with Crippen LogP contribution in [0.2, 0.25) is 0 Å². The maximum Gasteiger partial charge on any atom is 0.270 e. The van der Waals surface area contributed by atoms with E-state index in [1.165, 1.54) is 6.20 Å². The summed E-state index contributed by atoms with van der Waals surface area (Å²) in [5.74, 6) is 0.547. The third kappa shape index (κ3) is 3.75. The number of nitrogens with zero attached hydrogens (tertiary/aromatic N) is 6. The Labute approximate surface area is 167 Å². The molecule has 0 radical (unpaired) electrons. The van der Waals surface area contributed by atoms with E-state index in [1.807, 2.05) is 19.3 Å². The van der Waals surface area contributed by atoms with Crippen molar-refractivity contribution in [2.75, 3.05) is 19.6 Å². The van der Waals surface area contributed by atoms with E-state index < -0.39 is 6.04 Å². The summed E-state index contributed by atoms with van der Waals surface area (Å²) in [6.07, 6.45) is 5.64. The zero-order valence-corrected chi connectivity index (χ0v) is 16.4. The van der Waals surface area contributed by atoms with Gasteiger partial charge in [-0.05, 0) is 37.6 Å². The Morgan fingerprint density at radius 3 is 2.69 bits per heavy atom. The van der Waals surface area contributed by atoms with Crippen molar-refractivity contribution in [1.29, 1.82) is 0 Å². The van der Waals surface area contributed by atoms with Crippen LogP contribution in [-0.4, -0.2) is 60.9 Å². The molecule has 0 aliphatic carbocycles. The maximum absolute atomic E-state index is 13.2. The lowest BCUT2D eigenvalue weighted by Crippen LogP contribution is -2.40. The highest BCUT2D eigenvalue weighted by Gasteiger charge is 2.36. The largest absolute Gasteiger partial charge is 0.347 e. The van der Waals surface area contributed by atoms with Gasteiger partial charge in [0.15, 0.2) is 5.82 Å². The molecule has 9 nitrogen and oxygen atoms in total. The van der Waals surface area contributed by atoms with Crippen molar-refractivity contribution < 1.29 is 14.1 Å². The van der Waals surface area contributed by atoms with Gasteiger partial charge in [-0.1, -0.05) is 5.16 Å². The Morgan fingerprint density at radius 2 is 2.03 bits per heavy atom. The zero-order valence-electron chi connectivity index (χ0n) is 16.4. The summed E-state index contributed by atoms with van der Waals surface area (Å²) in [6.45, 7) is 3.00. The molecule has 1 fully saturated rings. The summed E-state index contributed by atoms with van der Waals surface area (Å²) in [4.78, 5) is 38.1. The normalized spacial score (nSPS) is 17.2. The van der Waals surface area contributed by atoms with E-state index in [9.17, 15) is 9.59 Å². The molecule has 0 saturated carbocycles. The summed E-state index contributed by atoms with van der Waals surface area (Å²) in [5, 5.41) is 3.88. The van der Waals surface area contributed by atoms with Crippen LogP contribution in [0.15, 0.2) is 47.4 Å². The van der Waals surface area contributed by atoms with E-state index in [0.717, 1.165) is 0 Å². The number of aromatic nitrogens is 4. The van der Waals surface area contributed by atoms with E-state index in [2.05, 4.69) is 15.1 Å². The minimum atomic E-state index is -0.532. The number of hydrogen-bond acceptors (Lipinski definition) is 6. The van der Waals surface area contributed by atoms with Gasteiger partial charge in [-0.2, -0.15) is 4.98 Å². The second kappa shape index (κ2) is 7.86. The molecule has 4 heterocycles. The highest BCUT2D eigenvalue weighted by atomic mass is 16.5. The van der Waals surface area contributed by atoms with E-state index in [-0.39, 0.29) is 18.4 Å². The van der Waals surface area contributed by atoms with Gasteiger partial charge in [0.05, 0.1) is 12.1 Å². The van der Waals surface area contributed by atoms with Gasteiger partial charge in [0.25, 0.3) is 17.7 Å². The second-order valence-corrected chi connectivity index (χ2v) is 7.04. The molecule has 0 aromatic carbocycles. The Hall–Kier alpha value is -3.49. The summed E-state index contributed by atoms with van der Waals surface area (Å²) in [5.41, 5.74) is 1.08. The van der Waals surface area contributed by atoms with Crippen LogP contribution in [0, 0.1) is 6.92 Å². The van der Waals surface area contributed by atoms with E-state index in [4.69, 9.17) is 4.52 Å². The summed E-state index contributed by atoms with van der Waals surface area (Å²) in [6, 6.07) is 6.54. The monoisotopic (exact) mass is 394 g/mol. The number of aryl methyl sites for hydroxylation is 2. The Balaban J connectivity index is 1.67. The van der Waals surface area contributed by atoms with Gasteiger partial charge < -0.3 is 18.9 Å². The van der Waals surface area contributed by atoms with E-state index in [0.29, 0.717) is 42.5 Å². The highest BCUT2D eigenvalue weighted by Crippen LogP contribution is 2.26. The third-order valence-corrected chi connectivity index (χ3v) is 5.04. The maximum atomic E-state index is 13.2. The Kier molecular flexibility index (Phi) is 5.11. The quantitative estimate of drug-likeness (QED) is 0.672. The Bertz CT molecular complexity index is 1010. The van der Waals surface area contributed by atoms with Crippen LogP contribution in [-0.2, 0) is 7.05 Å². The molecular weight excluding hydrogens is 372 g/mol. The smallest absolute Gasteiger partial charge is 0.270 e. The van der Waals surface area contributed by atoms with Crippen molar-refractivity contribution in [3.8, 4) is 0 Å². The number of pyridine rings is 1. The zero-order chi connectivity index (χ0) is 20.4. The third-order valence-electron chi connectivity index (χ3n) is 5.04. The average Bonchev–Trinajstić information content (AvgIpc) is 3.29. The lowest BCUT2D eigenvalue weighted by Gasteiger charge is -2.29. The van der Waals surface area contributed by atoms with Gasteiger partial charge in [-0.15, -0.1) is 0 Å². The van der Waals surface area contributed by atoms with Crippen molar-refractivity contribution >= 4 is 11.8 Å². The van der Waals surface area contributed by atoms with E-state index >= 15 is 0 Å². The van der Waals surface area contributed by atoms with Crippen LogP contribution in [0.4, 0.5) is 0 Å². The molecule has 2 amide bonds. The molecule has 3 aromatic rings. The molecule has 1 atom stereocenters. The van der Waals surface area contributed by atoms with Crippen LogP contribution < -0.4 is 0 Å². The minimum Gasteiger partial charge on any atom is -0.347 e. The van der Waals surface area contributed by atoms with Crippen LogP contribution in [0.5, 0.6) is 0 Å². The standard InChI is InChI=1S/C20H22N6O3/c1-14-22-18(29-23-14)17-13-25(20(28)16-7-4-9-24(16)2)10-5-11-26(17)19(27)15-6-3-8-21-12-15/h3-4,6-9,12,17H,5,10-11,13H2,1-2H3. The molecule has 0 spiro atoms. The van der Waals surface area contributed by atoms with Crippen molar-refractivity contribution in [3.63, 3.8) is 0 Å². The van der Waals surface area contributed by atoms with Gasteiger partial charge in [0.2, 0.25) is 0 Å². The molecule has 3 aromatic heterocycles. The fourth-order valence-corrected chi connectivity index (χ4v) is 3.57. The first-order chi connectivity index (χ1) is 14.0. The van der Waals surface area contributed by atoms with Crippen molar-refractivity contribution in [2.45, 2.75) is 19.4 Å². The van der Waals surface area contributed by atoms with Gasteiger partial charge in [0, 0.05) is 38.7 Å². The molecule has 1 aliphatic rings. The molecule has 1 aliphatic heterocycles. The first-order valence-corrected chi connectivity index (χ1v) is 9.46. The average molecular weight is 394 g/mol. The molecule has 0 N–H and O–H groups in total. The molecule has 0 bridgehead atoms. The molecule has 1 saturated heterocycles. The van der Waals surface area contributed by atoms with Crippen molar-refractivity contribution in [2.24, 2.45) is 7.05 Å². The number of carbonyl (C=O) groups is 2. The molecule has 150 valence electrons. The Morgan fingerprint density at radius 1 is 1.17 bits per heavy atom. The fraction of sp³-hybridized carbons (Fsp3) is 0.350. The highest BCUT2D eigenvalue weighted by molar-refractivity contribution is 5.95. The van der Waals surface area contributed by atoms with Crippen molar-refractivity contribution in [1.82, 2.24) is 29.5 Å². The number of carbonyl (C=O) groups excluding carboxylic acids is 2. The fourth-order valence-electron chi connectivity index (χ4n) is 3.57. The topological polar surface area (TPSA) is 97.4 Å². The van der Waals surface area contributed by atoms with Crippen LogP contribution >= 0.6 is 0 Å². The number of hydrogen-bond donors (Lipinski definition) is 0. The minimum absolute atomic E-state index is 0.0885. The molecule has 29 heavy (non-hydrogen) atoms. The first-order valence-electron chi connectivity index (χ1n) is 9.46. The van der Waals surface area contributed by atoms with Crippen LogP contribution in [0.25, 0.3) is 0 Å². The number of rotatable bonds is 3.